The first kappa shape index (κ1) is 18.0. The first-order chi connectivity index (χ1) is 12.8. The summed E-state index contributed by atoms with van der Waals surface area (Å²) in [5.74, 6) is 0.442. The molecule has 2 N–H and O–H groups in total. The van der Waals surface area contributed by atoms with E-state index in [1.807, 2.05) is 37.3 Å². The molecule has 0 saturated carbocycles. The highest BCUT2D eigenvalue weighted by molar-refractivity contribution is 7.80. The van der Waals surface area contributed by atoms with Gasteiger partial charge in [-0.2, -0.15) is 13.5 Å². The fourth-order valence-corrected chi connectivity index (χ4v) is 4.30. The smallest absolute Gasteiger partial charge is 0.418 e. The maximum Gasteiger partial charge on any atom is 0.418 e. The van der Waals surface area contributed by atoms with Crippen LogP contribution < -0.4 is 5.43 Å². The number of hydrazone groups is 1. The zero-order valence-electron chi connectivity index (χ0n) is 14.6. The van der Waals surface area contributed by atoms with Crippen LogP contribution in [-0.4, -0.2) is 59.2 Å². The minimum atomic E-state index is -4.77. The van der Waals surface area contributed by atoms with Crippen molar-refractivity contribution in [3.63, 3.8) is 0 Å². The topological polar surface area (TPSA) is 121 Å². The van der Waals surface area contributed by atoms with Gasteiger partial charge in [-0.3, -0.25) is 9.98 Å². The maximum atomic E-state index is 12.7. The van der Waals surface area contributed by atoms with Crippen molar-refractivity contribution in [3.05, 3.63) is 35.9 Å². The van der Waals surface area contributed by atoms with E-state index in [0.717, 1.165) is 10.6 Å². The van der Waals surface area contributed by atoms with Crippen molar-refractivity contribution >= 4 is 22.3 Å². The number of amides is 2. The lowest BCUT2D eigenvalue weighted by Crippen LogP contribution is -2.60. The van der Waals surface area contributed by atoms with Crippen LogP contribution in [0.1, 0.15) is 31.7 Å². The largest absolute Gasteiger partial charge is 0.446 e. The third-order valence-electron chi connectivity index (χ3n) is 5.21. The number of hydrogen-bond acceptors (Lipinski definition) is 7. The molecule has 1 unspecified atom stereocenters. The number of carbonyl (C=O) groups is 1. The molecule has 27 heavy (non-hydrogen) atoms. The van der Waals surface area contributed by atoms with Crippen LogP contribution in [-0.2, 0) is 19.4 Å². The standard InChI is InChI=1S/C16H20N4O6S/c1-2-16(18-17-14(25-16)11-6-4-3-5-7-11)13-9-8-12-10-19(13)15(21)20(12)26-27(22,23)24/h3-7,12-13,18H,2,8-10H2,1H3,(H,22,23,24)/t12-,13+,16?/m1/s1. The first-order valence-electron chi connectivity index (χ1n) is 8.69. The molecule has 2 amide bonds. The Kier molecular flexibility index (Phi) is 4.24. The summed E-state index contributed by atoms with van der Waals surface area (Å²) >= 11 is 0. The van der Waals surface area contributed by atoms with Crippen LogP contribution in [0.25, 0.3) is 0 Å². The molecule has 1 aromatic rings. The molecule has 2 saturated heterocycles. The van der Waals surface area contributed by atoms with Gasteiger partial charge in [0.25, 0.3) is 0 Å². The SMILES string of the molecule is CCC1([C@@H]2CC[C@@H]3CN2C(=O)N3OS(=O)(=O)O)NN=C(c2ccccc2)O1. The van der Waals surface area contributed by atoms with Crippen LogP contribution >= 0.6 is 0 Å². The van der Waals surface area contributed by atoms with E-state index in [1.165, 1.54) is 4.90 Å². The molecule has 3 heterocycles. The number of urea groups is 1. The molecule has 0 aromatic heterocycles. The molecule has 0 radical (unpaired) electrons. The molecular formula is C16H20N4O6S. The second-order valence-electron chi connectivity index (χ2n) is 6.75. The molecule has 3 aliphatic rings. The molecule has 1 aromatic carbocycles. The number of nitrogens with zero attached hydrogens (tertiary/aromatic N) is 3. The molecule has 3 atom stereocenters. The highest BCUT2D eigenvalue weighted by Gasteiger charge is 2.56. The normalized spacial score (nSPS) is 30.1. The molecular weight excluding hydrogens is 376 g/mol. The highest BCUT2D eigenvalue weighted by atomic mass is 32.3. The Morgan fingerprint density at radius 3 is 2.78 bits per heavy atom. The monoisotopic (exact) mass is 396 g/mol. The van der Waals surface area contributed by atoms with E-state index >= 15 is 0 Å². The first-order valence-corrected chi connectivity index (χ1v) is 10.1. The number of hydrogen-bond donors (Lipinski definition) is 2. The molecule has 11 heteroatoms. The predicted molar refractivity (Wildman–Crippen MR) is 93.6 cm³/mol. The molecule has 2 bridgehead atoms. The number of hydroxylamine groups is 2. The van der Waals surface area contributed by atoms with Crippen LogP contribution in [0.4, 0.5) is 4.79 Å². The second-order valence-corrected chi connectivity index (χ2v) is 7.75. The van der Waals surface area contributed by atoms with Crippen molar-refractivity contribution in [2.45, 2.75) is 44.0 Å². The van der Waals surface area contributed by atoms with Gasteiger partial charge >= 0.3 is 16.4 Å². The summed E-state index contributed by atoms with van der Waals surface area (Å²) in [6.07, 6.45) is 1.61. The number of carbonyl (C=O) groups excluding carboxylic acids is 1. The van der Waals surface area contributed by atoms with Crippen LogP contribution in [0.3, 0.4) is 0 Å². The number of fused-ring (bicyclic) bond motifs is 2. The number of benzene rings is 1. The van der Waals surface area contributed by atoms with Gasteiger partial charge in [0.15, 0.2) is 0 Å². The van der Waals surface area contributed by atoms with E-state index in [9.17, 15) is 13.2 Å². The lowest BCUT2D eigenvalue weighted by Gasteiger charge is -2.41. The van der Waals surface area contributed by atoms with Crippen LogP contribution in [0.5, 0.6) is 0 Å². The summed E-state index contributed by atoms with van der Waals surface area (Å²) in [5.41, 5.74) is 2.95. The van der Waals surface area contributed by atoms with Crippen molar-refractivity contribution in [1.29, 1.82) is 0 Å². The summed E-state index contributed by atoms with van der Waals surface area (Å²) in [4.78, 5) is 14.2. The lowest BCUT2D eigenvalue weighted by atomic mass is 9.90. The zero-order valence-corrected chi connectivity index (χ0v) is 15.4. The van der Waals surface area contributed by atoms with E-state index in [1.54, 1.807) is 0 Å². The summed E-state index contributed by atoms with van der Waals surface area (Å²) < 4.78 is 41.7. The Labute approximate surface area is 156 Å². The molecule has 0 spiro atoms. The van der Waals surface area contributed by atoms with Crippen molar-refractivity contribution in [2.24, 2.45) is 5.10 Å². The minimum absolute atomic E-state index is 0.284. The van der Waals surface area contributed by atoms with Crippen LogP contribution in [0, 0.1) is 0 Å². The Hall–Kier alpha value is -2.37. The summed E-state index contributed by atoms with van der Waals surface area (Å²) in [7, 11) is -4.77. The minimum Gasteiger partial charge on any atom is -0.446 e. The van der Waals surface area contributed by atoms with Crippen LogP contribution in [0.15, 0.2) is 35.4 Å². The Balaban J connectivity index is 1.56. The van der Waals surface area contributed by atoms with E-state index in [0.29, 0.717) is 25.2 Å². The molecule has 2 fully saturated rings. The highest BCUT2D eigenvalue weighted by Crippen LogP contribution is 2.38. The average Bonchev–Trinajstić information content (AvgIpc) is 3.19. The van der Waals surface area contributed by atoms with Gasteiger partial charge in [0.2, 0.25) is 11.6 Å². The van der Waals surface area contributed by atoms with Gasteiger partial charge in [0.1, 0.15) is 0 Å². The van der Waals surface area contributed by atoms with E-state index in [-0.39, 0.29) is 12.6 Å². The van der Waals surface area contributed by atoms with Crippen molar-refractivity contribution in [2.75, 3.05) is 6.54 Å². The van der Waals surface area contributed by atoms with Gasteiger partial charge in [-0.25, -0.2) is 4.79 Å². The molecule has 3 aliphatic heterocycles. The Morgan fingerprint density at radius 1 is 1.37 bits per heavy atom. The van der Waals surface area contributed by atoms with E-state index in [2.05, 4.69) is 14.8 Å². The number of rotatable bonds is 5. The average molecular weight is 396 g/mol. The summed E-state index contributed by atoms with van der Waals surface area (Å²) in [5, 5.41) is 5.05. The summed E-state index contributed by atoms with van der Waals surface area (Å²) in [6.45, 7) is 2.21. The number of piperidine rings is 1. The van der Waals surface area contributed by atoms with Gasteiger partial charge in [0.05, 0.1) is 12.1 Å². The quantitative estimate of drug-likeness (QED) is 0.714. The van der Waals surface area contributed by atoms with Crippen molar-refractivity contribution in [3.8, 4) is 0 Å². The molecule has 10 nitrogen and oxygen atoms in total. The fraction of sp³-hybridized carbons (Fsp3) is 0.500. The van der Waals surface area contributed by atoms with Crippen LogP contribution in [0.2, 0.25) is 0 Å². The third-order valence-corrected chi connectivity index (χ3v) is 5.56. The van der Waals surface area contributed by atoms with E-state index in [4.69, 9.17) is 9.29 Å². The molecule has 4 rings (SSSR count). The Morgan fingerprint density at radius 2 is 2.11 bits per heavy atom. The molecule has 146 valence electrons. The lowest BCUT2D eigenvalue weighted by molar-refractivity contribution is -0.0425. The Bertz CT molecular complexity index is 876. The van der Waals surface area contributed by atoms with Gasteiger partial charge in [-0.1, -0.05) is 25.1 Å². The van der Waals surface area contributed by atoms with E-state index < -0.39 is 28.2 Å². The summed E-state index contributed by atoms with van der Waals surface area (Å²) in [6, 6.07) is 7.99. The number of nitrogens with one attached hydrogen (secondary N) is 1. The van der Waals surface area contributed by atoms with Crippen molar-refractivity contribution < 1.29 is 26.8 Å². The van der Waals surface area contributed by atoms with Gasteiger partial charge in [0, 0.05) is 18.5 Å². The van der Waals surface area contributed by atoms with Gasteiger partial charge in [-0.05, 0) is 25.0 Å². The molecule has 0 aliphatic carbocycles. The van der Waals surface area contributed by atoms with Crippen molar-refractivity contribution in [1.82, 2.24) is 15.4 Å². The zero-order chi connectivity index (χ0) is 19.2. The van der Waals surface area contributed by atoms with Gasteiger partial charge < -0.3 is 9.64 Å². The fourth-order valence-electron chi connectivity index (χ4n) is 3.91. The second kappa shape index (κ2) is 6.36. The predicted octanol–water partition coefficient (Wildman–Crippen LogP) is 1.08. The third kappa shape index (κ3) is 3.11. The number of ether oxygens (including phenoxy) is 1. The van der Waals surface area contributed by atoms with Gasteiger partial charge in [-0.15, -0.1) is 9.39 Å². The maximum absolute atomic E-state index is 12.7.